The summed E-state index contributed by atoms with van der Waals surface area (Å²) in [5.74, 6) is 0. The van der Waals surface area contributed by atoms with Crippen LogP contribution < -0.4 is 5.32 Å². The number of nitrogens with one attached hydrogen (secondary N) is 1. The standard InChI is InChI=1S/C16H23NO2.ClH/c1-15(2,3)12-8-6-11(7-9-12)13-16(4,5)10-19-14(18)17-13;/h6-9,13H,10H2,1-5H3,(H,17,18);1H/t13-;/m0./s1. The van der Waals surface area contributed by atoms with Crippen molar-refractivity contribution < 1.29 is 9.53 Å². The summed E-state index contributed by atoms with van der Waals surface area (Å²) in [6.45, 7) is 11.3. The molecule has 0 spiro atoms. The fourth-order valence-corrected chi connectivity index (χ4v) is 2.40. The third-order valence-corrected chi connectivity index (χ3v) is 3.73. The summed E-state index contributed by atoms with van der Waals surface area (Å²) in [7, 11) is 0. The van der Waals surface area contributed by atoms with E-state index in [0.29, 0.717) is 6.61 Å². The van der Waals surface area contributed by atoms with Crippen molar-refractivity contribution >= 4 is 18.5 Å². The number of hydrogen-bond acceptors (Lipinski definition) is 2. The first kappa shape index (κ1) is 16.8. The Labute approximate surface area is 127 Å². The van der Waals surface area contributed by atoms with E-state index in [0.717, 1.165) is 5.56 Å². The number of ether oxygens (including phenoxy) is 1. The minimum absolute atomic E-state index is 0. The molecule has 0 aromatic heterocycles. The first-order valence-electron chi connectivity index (χ1n) is 6.74. The molecule has 1 aliphatic rings. The third-order valence-electron chi connectivity index (χ3n) is 3.73. The van der Waals surface area contributed by atoms with Gasteiger partial charge in [0, 0.05) is 5.41 Å². The van der Waals surface area contributed by atoms with Gasteiger partial charge in [-0.2, -0.15) is 0 Å². The highest BCUT2D eigenvalue weighted by Crippen LogP contribution is 2.37. The number of carbonyl (C=O) groups excluding carboxylic acids is 1. The Morgan fingerprint density at radius 3 is 2.25 bits per heavy atom. The van der Waals surface area contributed by atoms with Crippen LogP contribution in [0.2, 0.25) is 0 Å². The monoisotopic (exact) mass is 297 g/mol. The summed E-state index contributed by atoms with van der Waals surface area (Å²) in [4.78, 5) is 11.4. The van der Waals surface area contributed by atoms with Gasteiger partial charge in [-0.15, -0.1) is 12.4 Å². The predicted octanol–water partition coefficient (Wildman–Crippen LogP) is 4.21. The zero-order valence-electron chi connectivity index (χ0n) is 12.8. The van der Waals surface area contributed by atoms with Gasteiger partial charge in [0.1, 0.15) is 6.61 Å². The lowest BCUT2D eigenvalue weighted by Crippen LogP contribution is -2.46. The van der Waals surface area contributed by atoms with Gasteiger partial charge >= 0.3 is 6.09 Å². The molecular formula is C16H24ClNO2. The van der Waals surface area contributed by atoms with Gasteiger partial charge in [0.15, 0.2) is 0 Å². The average molecular weight is 298 g/mol. The molecular weight excluding hydrogens is 274 g/mol. The van der Waals surface area contributed by atoms with E-state index in [4.69, 9.17) is 4.74 Å². The minimum Gasteiger partial charge on any atom is -0.449 e. The van der Waals surface area contributed by atoms with Gasteiger partial charge in [-0.05, 0) is 16.5 Å². The lowest BCUT2D eigenvalue weighted by molar-refractivity contribution is 0.0387. The van der Waals surface area contributed by atoms with Gasteiger partial charge in [0.2, 0.25) is 0 Å². The van der Waals surface area contributed by atoms with Crippen LogP contribution in [-0.4, -0.2) is 12.7 Å². The fourth-order valence-electron chi connectivity index (χ4n) is 2.40. The number of amides is 1. The molecule has 2 rings (SSSR count). The number of alkyl carbamates (subject to hydrolysis) is 1. The van der Waals surface area contributed by atoms with Gasteiger partial charge in [-0.25, -0.2) is 4.79 Å². The second-order valence-corrected chi connectivity index (χ2v) is 7.01. The molecule has 0 bridgehead atoms. The van der Waals surface area contributed by atoms with Gasteiger partial charge in [-0.1, -0.05) is 58.9 Å². The highest BCUT2D eigenvalue weighted by atomic mass is 35.5. The van der Waals surface area contributed by atoms with Crippen LogP contribution in [0.4, 0.5) is 4.79 Å². The Kier molecular flexibility index (Phi) is 4.75. The van der Waals surface area contributed by atoms with Gasteiger partial charge < -0.3 is 10.1 Å². The second-order valence-electron chi connectivity index (χ2n) is 7.01. The summed E-state index contributed by atoms with van der Waals surface area (Å²) in [6.07, 6.45) is -0.329. The third kappa shape index (κ3) is 3.45. The molecule has 1 N–H and O–H groups in total. The molecule has 0 unspecified atom stereocenters. The zero-order chi connectivity index (χ0) is 14.3. The van der Waals surface area contributed by atoms with Crippen molar-refractivity contribution in [2.24, 2.45) is 5.41 Å². The SMILES string of the molecule is CC(C)(C)c1ccc([C@@H]2NC(=O)OCC2(C)C)cc1.Cl. The van der Waals surface area contributed by atoms with E-state index < -0.39 is 0 Å². The maximum Gasteiger partial charge on any atom is 0.407 e. The maximum atomic E-state index is 11.4. The van der Waals surface area contributed by atoms with E-state index in [2.05, 4.69) is 64.2 Å². The van der Waals surface area contributed by atoms with Crippen LogP contribution in [0.3, 0.4) is 0 Å². The normalized spacial score (nSPS) is 21.4. The van der Waals surface area contributed by atoms with E-state index in [-0.39, 0.29) is 35.4 Å². The summed E-state index contributed by atoms with van der Waals surface area (Å²) < 4.78 is 5.07. The lowest BCUT2D eigenvalue weighted by Gasteiger charge is -2.38. The first-order chi connectivity index (χ1) is 8.70. The first-order valence-corrected chi connectivity index (χ1v) is 6.74. The molecule has 3 nitrogen and oxygen atoms in total. The Morgan fingerprint density at radius 1 is 1.20 bits per heavy atom. The zero-order valence-corrected chi connectivity index (χ0v) is 13.6. The number of rotatable bonds is 1. The van der Waals surface area contributed by atoms with Crippen LogP contribution in [0.5, 0.6) is 0 Å². The van der Waals surface area contributed by atoms with Crippen LogP contribution in [0.25, 0.3) is 0 Å². The van der Waals surface area contributed by atoms with Crippen molar-refractivity contribution in [3.63, 3.8) is 0 Å². The second kappa shape index (κ2) is 5.65. The van der Waals surface area contributed by atoms with E-state index in [1.807, 2.05) is 0 Å². The Morgan fingerprint density at radius 2 is 1.75 bits per heavy atom. The molecule has 1 aromatic carbocycles. The molecule has 1 fully saturated rings. The largest absolute Gasteiger partial charge is 0.449 e. The predicted molar refractivity (Wildman–Crippen MR) is 83.4 cm³/mol. The van der Waals surface area contributed by atoms with E-state index in [1.54, 1.807) is 0 Å². The Hall–Kier alpha value is -1.22. The summed E-state index contributed by atoms with van der Waals surface area (Å²) in [5, 5.41) is 2.92. The van der Waals surface area contributed by atoms with Crippen LogP contribution in [-0.2, 0) is 10.2 Å². The average Bonchev–Trinajstić information content (AvgIpc) is 2.31. The maximum absolute atomic E-state index is 11.4. The number of hydrogen-bond donors (Lipinski definition) is 1. The van der Waals surface area contributed by atoms with E-state index >= 15 is 0 Å². The summed E-state index contributed by atoms with van der Waals surface area (Å²) in [5.41, 5.74) is 2.48. The van der Waals surface area contributed by atoms with Crippen molar-refractivity contribution in [3.8, 4) is 0 Å². The smallest absolute Gasteiger partial charge is 0.407 e. The molecule has 0 saturated carbocycles. The number of cyclic esters (lactones) is 1. The van der Waals surface area contributed by atoms with Crippen molar-refractivity contribution in [2.45, 2.75) is 46.1 Å². The fraction of sp³-hybridized carbons (Fsp3) is 0.562. The van der Waals surface area contributed by atoms with Crippen LogP contribution >= 0.6 is 12.4 Å². The van der Waals surface area contributed by atoms with Gasteiger partial charge in [-0.3, -0.25) is 0 Å². The lowest BCUT2D eigenvalue weighted by atomic mass is 9.79. The Bertz CT molecular complexity index is 474. The molecule has 1 saturated heterocycles. The molecule has 112 valence electrons. The van der Waals surface area contributed by atoms with Crippen LogP contribution in [0.1, 0.15) is 51.8 Å². The Balaban J connectivity index is 0.00000200. The molecule has 20 heavy (non-hydrogen) atoms. The molecule has 4 heteroatoms. The van der Waals surface area contributed by atoms with Gasteiger partial charge in [0.05, 0.1) is 6.04 Å². The number of benzene rings is 1. The van der Waals surface area contributed by atoms with Gasteiger partial charge in [0.25, 0.3) is 0 Å². The highest BCUT2D eigenvalue weighted by Gasteiger charge is 2.37. The summed E-state index contributed by atoms with van der Waals surface area (Å²) >= 11 is 0. The highest BCUT2D eigenvalue weighted by molar-refractivity contribution is 5.85. The molecule has 0 aliphatic carbocycles. The summed E-state index contributed by atoms with van der Waals surface area (Å²) in [6, 6.07) is 8.51. The molecule has 1 heterocycles. The molecule has 1 aliphatic heterocycles. The molecule has 0 radical (unpaired) electrons. The minimum atomic E-state index is -0.329. The van der Waals surface area contributed by atoms with Crippen molar-refractivity contribution in [3.05, 3.63) is 35.4 Å². The number of halogens is 1. The van der Waals surface area contributed by atoms with E-state index in [1.165, 1.54) is 5.56 Å². The molecule has 1 amide bonds. The van der Waals surface area contributed by atoms with Crippen LogP contribution in [0, 0.1) is 5.41 Å². The quantitative estimate of drug-likeness (QED) is 0.843. The van der Waals surface area contributed by atoms with E-state index in [9.17, 15) is 4.79 Å². The van der Waals surface area contributed by atoms with Crippen molar-refractivity contribution in [2.75, 3.05) is 6.61 Å². The topological polar surface area (TPSA) is 38.3 Å². The molecule has 1 atom stereocenters. The number of carbonyl (C=O) groups is 1. The molecule has 1 aromatic rings. The van der Waals surface area contributed by atoms with Crippen molar-refractivity contribution in [1.82, 2.24) is 5.32 Å². The van der Waals surface area contributed by atoms with Crippen LogP contribution in [0.15, 0.2) is 24.3 Å². The van der Waals surface area contributed by atoms with Crippen molar-refractivity contribution in [1.29, 1.82) is 0 Å².